The third-order valence-corrected chi connectivity index (χ3v) is 17.0. The summed E-state index contributed by atoms with van der Waals surface area (Å²) >= 11 is 7.86. The first-order valence-corrected chi connectivity index (χ1v) is 27.2. The summed E-state index contributed by atoms with van der Waals surface area (Å²) in [5, 5.41) is 20.5. The van der Waals surface area contributed by atoms with Crippen LogP contribution in [-0.2, 0) is 14.4 Å². The number of halogens is 1. The number of piperidine rings is 1. The first kappa shape index (κ1) is 54.6. The molecule has 4 amide bonds. The van der Waals surface area contributed by atoms with Crippen LogP contribution in [0, 0.1) is 35.7 Å². The number of carbonyl (C=O) groups is 4. The Hall–Kier alpha value is -5.64. The van der Waals surface area contributed by atoms with E-state index < -0.39 is 23.6 Å². The van der Waals surface area contributed by atoms with E-state index in [1.165, 1.54) is 4.90 Å². The quantitative estimate of drug-likeness (QED) is 0.0866. The SMILES string of the molecule is [C-]#[N+]c1ccc(OC2C(C)(C)C(NC(=O)c3ccc(N4CCN(CC5CCN(CC(=O)N[C@H](C(=O)N6C[C@H](O)C[C@H]6C(=O)N[C@@H](C)c6ccc(-c7scnc7C)cc6)C(C)(C)C)CC5)CC4)nc3)C2(C)C)cc1Cl. The number of amides is 4. The van der Waals surface area contributed by atoms with Crippen LogP contribution in [0.5, 0.6) is 5.75 Å². The van der Waals surface area contributed by atoms with Crippen molar-refractivity contribution in [2.24, 2.45) is 22.2 Å². The summed E-state index contributed by atoms with van der Waals surface area (Å²) in [6, 6.07) is 14.6. The van der Waals surface area contributed by atoms with Gasteiger partial charge in [-0.2, -0.15) is 0 Å². The van der Waals surface area contributed by atoms with Crippen molar-refractivity contribution in [2.75, 3.05) is 63.8 Å². The lowest BCUT2D eigenvalue weighted by molar-refractivity contribution is -0.164. The maximum Gasteiger partial charge on any atom is 0.253 e. The standard InChI is InChI=1S/C56H73ClN10O6S/c1-34(37-11-13-38(14-12-37)47-35(2)60-33-74-47)61-50(71)44-27-40(68)31-67(44)51(72)48(54(3,4)5)62-46(69)32-64-21-19-36(20-22-64)30-65-23-25-66(26-24-65)45-18-15-39(29-59-45)49(70)63-52-55(6,7)53(56(52,8)9)73-41-16-17-43(58-10)42(57)28-41/h11-18,28-29,33-34,36,40,44,48,52-53,68H,19-27,30-32H2,1-9H3,(H,61,71)(H,62,69)(H,63,70)/t34-,40+,44-,48+,52?,53?/m0/s1. The number of benzene rings is 2. The molecule has 3 saturated heterocycles. The Balaban J connectivity index is 0.758. The number of nitrogens with one attached hydrogen (secondary N) is 3. The van der Waals surface area contributed by atoms with Crippen molar-refractivity contribution in [3.63, 3.8) is 0 Å². The van der Waals surface area contributed by atoms with Gasteiger partial charge in [0.05, 0.1) is 51.9 Å². The zero-order chi connectivity index (χ0) is 53.3. The van der Waals surface area contributed by atoms with E-state index in [1.807, 2.05) is 76.5 Å². The fourth-order valence-electron chi connectivity index (χ4n) is 11.8. The molecule has 0 bridgehead atoms. The molecule has 4 atom stereocenters. The van der Waals surface area contributed by atoms with E-state index in [0.29, 0.717) is 27.9 Å². The highest BCUT2D eigenvalue weighted by Crippen LogP contribution is 2.56. The Bertz CT molecular complexity index is 2690. The fourth-order valence-corrected chi connectivity index (χ4v) is 12.8. The Morgan fingerprint density at radius 1 is 0.932 bits per heavy atom. The van der Waals surface area contributed by atoms with Gasteiger partial charge in [0.2, 0.25) is 23.4 Å². The summed E-state index contributed by atoms with van der Waals surface area (Å²) in [4.78, 5) is 77.3. The molecule has 2 aromatic heterocycles. The van der Waals surface area contributed by atoms with Crippen LogP contribution in [0.4, 0.5) is 11.5 Å². The van der Waals surface area contributed by atoms with Crippen molar-refractivity contribution in [2.45, 2.75) is 118 Å². The van der Waals surface area contributed by atoms with Gasteiger partial charge in [0.1, 0.15) is 29.8 Å². The molecule has 1 aliphatic carbocycles. The molecule has 0 unspecified atom stereocenters. The van der Waals surface area contributed by atoms with Gasteiger partial charge in [-0.05, 0) is 86.5 Å². The minimum atomic E-state index is -0.892. The molecule has 3 aliphatic heterocycles. The van der Waals surface area contributed by atoms with Crippen molar-refractivity contribution in [1.82, 2.24) is 40.6 Å². The molecule has 2 aromatic carbocycles. The zero-order valence-corrected chi connectivity index (χ0v) is 45.9. The highest BCUT2D eigenvalue weighted by atomic mass is 35.5. The predicted octanol–water partition coefficient (Wildman–Crippen LogP) is 7.53. The molecule has 16 nitrogen and oxygen atoms in total. The van der Waals surface area contributed by atoms with Crippen LogP contribution < -0.4 is 25.6 Å². The third kappa shape index (κ3) is 12.1. The second kappa shape index (κ2) is 22.3. The summed E-state index contributed by atoms with van der Waals surface area (Å²) in [6.45, 7) is 31.4. The van der Waals surface area contributed by atoms with Crippen molar-refractivity contribution >= 4 is 58.1 Å². The van der Waals surface area contributed by atoms with Gasteiger partial charge in [-0.1, -0.05) is 90.4 Å². The van der Waals surface area contributed by atoms with Crippen LogP contribution in [0.15, 0.2) is 66.3 Å². The number of nitrogens with zero attached hydrogens (tertiary/aromatic N) is 7. The van der Waals surface area contributed by atoms with Gasteiger partial charge < -0.3 is 35.6 Å². The molecular weight excluding hydrogens is 976 g/mol. The number of anilines is 1. The molecule has 8 rings (SSSR count). The van der Waals surface area contributed by atoms with Crippen LogP contribution in [0.25, 0.3) is 15.3 Å². The number of carbonyl (C=O) groups excluding carboxylic acids is 4. The molecule has 4 N–H and O–H groups in total. The molecule has 1 saturated carbocycles. The van der Waals surface area contributed by atoms with E-state index in [9.17, 15) is 24.3 Å². The Morgan fingerprint density at radius 2 is 1.62 bits per heavy atom. The molecule has 18 heteroatoms. The predicted molar refractivity (Wildman–Crippen MR) is 289 cm³/mol. The number of β-amino-alcohol motifs (C(OH)–C–C–N with tert-alkyl or cyclic N) is 1. The first-order valence-electron chi connectivity index (χ1n) is 25.9. The smallest absolute Gasteiger partial charge is 0.253 e. The average Bonchev–Trinajstić information content (AvgIpc) is 3.99. The average molecular weight is 1050 g/mol. The van der Waals surface area contributed by atoms with Crippen molar-refractivity contribution < 1.29 is 29.0 Å². The number of aliphatic hydroxyl groups excluding tert-OH is 1. The third-order valence-electron chi connectivity index (χ3n) is 15.8. The number of likely N-dealkylation sites (tertiary alicyclic amines) is 2. The largest absolute Gasteiger partial charge is 0.489 e. The molecule has 74 heavy (non-hydrogen) atoms. The second-order valence-electron chi connectivity index (χ2n) is 23.1. The minimum Gasteiger partial charge on any atom is -0.489 e. The van der Waals surface area contributed by atoms with E-state index in [4.69, 9.17) is 27.9 Å². The zero-order valence-electron chi connectivity index (χ0n) is 44.3. The number of piperazine rings is 1. The highest BCUT2D eigenvalue weighted by molar-refractivity contribution is 7.13. The number of ether oxygens (including phenoxy) is 1. The van der Waals surface area contributed by atoms with Gasteiger partial charge in [0, 0.05) is 68.8 Å². The maximum atomic E-state index is 14.3. The molecule has 0 radical (unpaired) electrons. The van der Waals surface area contributed by atoms with Gasteiger partial charge >= 0.3 is 0 Å². The number of thiazole rings is 1. The Labute approximate surface area is 445 Å². The summed E-state index contributed by atoms with van der Waals surface area (Å²) in [5.74, 6) is 0.814. The Kier molecular flexibility index (Phi) is 16.5. The molecule has 5 heterocycles. The topological polar surface area (TPSA) is 177 Å². The lowest BCUT2D eigenvalue weighted by Crippen LogP contribution is -2.74. The van der Waals surface area contributed by atoms with Gasteiger partial charge in [0.15, 0.2) is 0 Å². The number of rotatable bonds is 15. The number of aryl methyl sites for hydroxylation is 1. The van der Waals surface area contributed by atoms with Gasteiger partial charge in [-0.15, -0.1) is 11.3 Å². The van der Waals surface area contributed by atoms with Gasteiger partial charge in [-0.25, -0.2) is 14.8 Å². The highest BCUT2D eigenvalue weighted by Gasteiger charge is 2.64. The van der Waals surface area contributed by atoms with Crippen LogP contribution in [0.3, 0.4) is 0 Å². The fraction of sp³-hybridized carbons (Fsp3) is 0.554. The van der Waals surface area contributed by atoms with E-state index >= 15 is 0 Å². The van der Waals surface area contributed by atoms with Crippen molar-refractivity contribution in [3.05, 3.63) is 99.6 Å². The van der Waals surface area contributed by atoms with E-state index in [-0.39, 0.29) is 72.2 Å². The molecule has 4 fully saturated rings. The van der Waals surface area contributed by atoms with Crippen LogP contribution in [-0.4, -0.2) is 143 Å². The summed E-state index contributed by atoms with van der Waals surface area (Å²) in [7, 11) is 0. The number of aliphatic hydroxyl groups is 1. The van der Waals surface area contributed by atoms with Gasteiger partial charge in [-0.3, -0.25) is 29.0 Å². The molecule has 4 aromatic rings. The summed E-state index contributed by atoms with van der Waals surface area (Å²) in [5.41, 5.74) is 4.24. The molecular formula is C56H73ClN10O6S. The maximum absolute atomic E-state index is 14.3. The molecule has 0 spiro atoms. The van der Waals surface area contributed by atoms with E-state index in [2.05, 4.69) is 68.2 Å². The van der Waals surface area contributed by atoms with E-state index in [0.717, 1.165) is 86.2 Å². The van der Waals surface area contributed by atoms with Crippen molar-refractivity contribution in [1.29, 1.82) is 0 Å². The monoisotopic (exact) mass is 1050 g/mol. The molecule has 4 aliphatic rings. The van der Waals surface area contributed by atoms with Crippen molar-refractivity contribution in [3.8, 4) is 16.2 Å². The first-order chi connectivity index (χ1) is 35.0. The number of hydrogen-bond donors (Lipinski definition) is 4. The molecule has 396 valence electrons. The second-order valence-corrected chi connectivity index (χ2v) is 24.3. The minimum absolute atomic E-state index is 0.0160. The lowest BCUT2D eigenvalue weighted by atomic mass is 9.49. The Morgan fingerprint density at radius 3 is 2.22 bits per heavy atom. The number of aromatic nitrogens is 2. The van der Waals surface area contributed by atoms with Crippen LogP contribution >= 0.6 is 22.9 Å². The summed E-state index contributed by atoms with van der Waals surface area (Å²) in [6.07, 6.45) is 2.65. The van der Waals surface area contributed by atoms with Gasteiger partial charge in [0.25, 0.3) is 5.91 Å². The normalized spacial score (nSPS) is 23.0. The number of pyridine rings is 1. The number of hydrogen-bond acceptors (Lipinski definition) is 12. The lowest BCUT2D eigenvalue weighted by Gasteiger charge is -2.63. The van der Waals surface area contributed by atoms with Crippen LogP contribution in [0.2, 0.25) is 5.02 Å². The summed E-state index contributed by atoms with van der Waals surface area (Å²) < 4.78 is 6.40. The van der Waals surface area contributed by atoms with Crippen LogP contribution in [0.1, 0.15) is 102 Å². The van der Waals surface area contributed by atoms with E-state index in [1.54, 1.807) is 35.7 Å².